The summed E-state index contributed by atoms with van der Waals surface area (Å²) in [5.74, 6) is 2.09. The molecule has 14 nitrogen and oxygen atoms in total. The fraction of sp³-hybridized carbons (Fsp3) is 0.600. The van der Waals surface area contributed by atoms with Crippen molar-refractivity contribution in [3.05, 3.63) is 91.7 Å². The fourth-order valence-electron chi connectivity index (χ4n) is 15.8. The number of aromatic amines is 2. The zero-order valence-electron chi connectivity index (χ0n) is 52.8. The van der Waals surface area contributed by atoms with Crippen LogP contribution in [0.3, 0.4) is 0 Å². The van der Waals surface area contributed by atoms with Crippen molar-refractivity contribution in [2.75, 3.05) is 91.2 Å². The van der Waals surface area contributed by atoms with Crippen molar-refractivity contribution in [3.63, 3.8) is 0 Å². The maximum atomic E-state index is 14.0. The van der Waals surface area contributed by atoms with Crippen molar-refractivity contribution in [3.8, 4) is 22.5 Å². The predicted molar refractivity (Wildman–Crippen MR) is 352 cm³/mol. The minimum absolute atomic E-state index is 0.0867. The minimum atomic E-state index is -0.547. The molecule has 468 valence electrons. The van der Waals surface area contributed by atoms with Gasteiger partial charge >= 0.3 is 0 Å². The maximum Gasteiger partial charge on any atom is 0.233 e. The van der Waals surface area contributed by atoms with Crippen LogP contribution in [0.15, 0.2) is 48.5 Å². The number of carbonyl (C=O) groups excluding carboxylic acids is 4. The van der Waals surface area contributed by atoms with Gasteiger partial charge in [0.2, 0.25) is 23.6 Å². The number of nitrogens with zero attached hydrogens (tertiary/aromatic N) is 5. The predicted octanol–water partition coefficient (Wildman–Crippen LogP) is 11.8. The summed E-state index contributed by atoms with van der Waals surface area (Å²) < 4.78 is 10.7. The molecule has 17 heteroatoms. The number of amides is 4. The van der Waals surface area contributed by atoms with Crippen LogP contribution >= 0.6 is 34.3 Å². The number of hydrogen-bond donors (Lipinski definition) is 3. The summed E-state index contributed by atoms with van der Waals surface area (Å²) in [5.41, 5.74) is 11.4. The van der Waals surface area contributed by atoms with E-state index in [1.54, 1.807) is 22.7 Å². The Morgan fingerprint density at radius 2 is 0.954 bits per heavy atom. The molecule has 4 aromatic heterocycles. The number of likely N-dealkylation sites (tertiary alicyclic amines) is 1. The van der Waals surface area contributed by atoms with Crippen LogP contribution in [-0.2, 0) is 52.3 Å². The van der Waals surface area contributed by atoms with E-state index in [1.165, 1.54) is 92.4 Å². The first kappa shape index (κ1) is 62.1. The number of carbonyl (C=O) groups is 4. The Hall–Kier alpha value is -5.07. The fourth-order valence-corrected chi connectivity index (χ4v) is 18.4. The topological polar surface area (TPSA) is 147 Å². The highest BCUT2D eigenvalue weighted by Crippen LogP contribution is 2.47. The second-order valence-corrected chi connectivity index (χ2v) is 30.0. The van der Waals surface area contributed by atoms with Crippen LogP contribution in [0.1, 0.15) is 135 Å². The van der Waals surface area contributed by atoms with Crippen LogP contribution in [0.25, 0.3) is 42.9 Å². The number of rotatable bonds is 13. The Kier molecular flexibility index (Phi) is 18.6. The summed E-state index contributed by atoms with van der Waals surface area (Å²) in [5, 5.41) is 5.69. The molecule has 0 saturated carbocycles. The van der Waals surface area contributed by atoms with E-state index in [-0.39, 0.29) is 11.8 Å². The summed E-state index contributed by atoms with van der Waals surface area (Å²) in [6.45, 7) is 27.3. The summed E-state index contributed by atoms with van der Waals surface area (Å²) in [6.07, 6.45) is 13.0. The average molecular weight is 1240 g/mol. The van der Waals surface area contributed by atoms with E-state index < -0.39 is 10.8 Å². The molecule has 2 aromatic carbocycles. The number of fused-ring (bicyclic) bond motifs is 6. The second-order valence-electron chi connectivity index (χ2n) is 27.6. The van der Waals surface area contributed by atoms with E-state index >= 15 is 0 Å². The van der Waals surface area contributed by atoms with E-state index in [9.17, 15) is 19.2 Å². The molecule has 8 aliphatic rings. The Morgan fingerprint density at radius 3 is 1.36 bits per heavy atom. The van der Waals surface area contributed by atoms with Gasteiger partial charge in [-0.3, -0.25) is 19.2 Å². The lowest BCUT2D eigenvalue weighted by Gasteiger charge is -2.31. The van der Waals surface area contributed by atoms with Gasteiger partial charge in [0.1, 0.15) is 9.66 Å². The number of benzene rings is 2. The third-order valence-electron chi connectivity index (χ3n) is 20.6. The summed E-state index contributed by atoms with van der Waals surface area (Å²) in [4.78, 5) is 75.5. The van der Waals surface area contributed by atoms with Gasteiger partial charge in [-0.1, -0.05) is 34.4 Å². The largest absolute Gasteiger partial charge is 0.378 e. The highest BCUT2D eigenvalue weighted by Gasteiger charge is 2.49. The first-order valence-corrected chi connectivity index (χ1v) is 34.9. The first-order chi connectivity index (χ1) is 41.9. The smallest absolute Gasteiger partial charge is 0.233 e. The molecule has 8 aliphatic heterocycles. The monoisotopic (exact) mass is 1240 g/mol. The lowest BCUT2D eigenvalue weighted by molar-refractivity contribution is -0.139. The number of aromatic nitrogens is 2. The molecule has 0 radical (unpaired) electrons. The molecule has 6 aromatic rings. The zero-order chi connectivity index (χ0) is 60.9. The number of alkyl halides is 1. The number of H-pyrrole nitrogens is 2. The number of nitrogens with one attached hydrogen (secondary N) is 3. The zero-order valence-corrected chi connectivity index (χ0v) is 55.2. The molecule has 2 unspecified atom stereocenters. The van der Waals surface area contributed by atoms with Gasteiger partial charge in [-0.15, -0.1) is 34.3 Å². The standard InChI is InChI=1S/C35H46N4O3S.C26H31ClN2OS.C9H16N2O2/c1-22-17-23(2)19-25(18-22)31-28(10-12-37-11-9-24(21-37)33(40)38-13-15-42-16-14-38)29-20-30(43-32(29)36-31)35(3,4)34(41)39-26-5-6-27(39)8-7-26;1-15-11-16(2)13-17(12-15)23-20(9-10-27)21-14-22(31-24(21)28-23)26(3,4)25(30)29-18-5-6-19(29)8-7-18;12-9(8-1-2-10-7-8)11-3-5-13-6-4-11/h17-20,24,26-27,36H,5-16,21H2,1-4H3;11-14,18-19,28H,5-10H2,1-4H3;8,10H,1-7H2. The van der Waals surface area contributed by atoms with Crippen LogP contribution in [0.5, 0.6) is 0 Å². The van der Waals surface area contributed by atoms with Crippen LogP contribution in [0, 0.1) is 39.5 Å². The maximum absolute atomic E-state index is 14.0. The van der Waals surface area contributed by atoms with Gasteiger partial charge in [-0.2, -0.15) is 0 Å². The van der Waals surface area contributed by atoms with Gasteiger partial charge in [0, 0.05) is 96.4 Å². The third kappa shape index (κ3) is 12.7. The van der Waals surface area contributed by atoms with Crippen LogP contribution in [-0.4, -0.2) is 173 Å². The molecule has 3 N–H and O–H groups in total. The van der Waals surface area contributed by atoms with E-state index in [4.69, 9.17) is 21.1 Å². The van der Waals surface area contributed by atoms with E-state index in [1.807, 2.05) is 9.80 Å². The minimum Gasteiger partial charge on any atom is -0.378 e. The molecule has 4 bridgehead atoms. The first-order valence-electron chi connectivity index (χ1n) is 32.7. The van der Waals surface area contributed by atoms with Gasteiger partial charge in [0.05, 0.1) is 60.5 Å². The van der Waals surface area contributed by atoms with Crippen LogP contribution < -0.4 is 5.32 Å². The molecule has 87 heavy (non-hydrogen) atoms. The molecular formula is C70H93ClN8O6S2. The highest BCUT2D eigenvalue weighted by atomic mass is 35.5. The molecule has 8 fully saturated rings. The quantitative estimate of drug-likeness (QED) is 0.0969. The lowest BCUT2D eigenvalue weighted by Crippen LogP contribution is -2.45. The molecule has 14 rings (SSSR count). The molecule has 0 aliphatic carbocycles. The van der Waals surface area contributed by atoms with Crippen molar-refractivity contribution in [2.45, 2.75) is 167 Å². The van der Waals surface area contributed by atoms with Gasteiger partial charge in [0.15, 0.2) is 0 Å². The third-order valence-corrected chi connectivity index (χ3v) is 23.5. The normalized spacial score (nSPS) is 23.9. The number of aryl methyl sites for hydroxylation is 5. The second kappa shape index (κ2) is 26.0. The molecule has 12 heterocycles. The van der Waals surface area contributed by atoms with Crippen molar-refractivity contribution < 1.29 is 28.7 Å². The SMILES string of the molecule is Cc1cc(C)cc(-c2[nH]c3sc(C(C)(C)C(=O)N4C5CCC4CC5)cc3c2CCCl)c1.Cc1cc(C)cc(-c2[nH]c3sc(C(C)(C)C(=O)N4C5CCC4CC5)cc3c2CCN2CCC(C(=O)N3CCOCC3)C2)c1.O=C(C1CCNC1)N1CCOCC1. The Labute approximate surface area is 528 Å². The van der Waals surface area contributed by atoms with E-state index in [0.717, 1.165) is 117 Å². The summed E-state index contributed by atoms with van der Waals surface area (Å²) >= 11 is 9.70. The number of morpholine rings is 2. The van der Waals surface area contributed by atoms with Crippen molar-refractivity contribution >= 4 is 78.3 Å². The number of hydrogen-bond acceptors (Lipinski definition) is 10. The Bertz CT molecular complexity index is 3410. The van der Waals surface area contributed by atoms with Gasteiger partial charge in [0.25, 0.3) is 0 Å². The van der Waals surface area contributed by atoms with Gasteiger partial charge < -0.3 is 49.3 Å². The molecule has 0 spiro atoms. The number of thiophene rings is 2. The van der Waals surface area contributed by atoms with Crippen LogP contribution in [0.2, 0.25) is 0 Å². The number of halogens is 1. The van der Waals surface area contributed by atoms with Crippen molar-refractivity contribution in [1.29, 1.82) is 0 Å². The van der Waals surface area contributed by atoms with E-state index in [0.29, 0.717) is 93.2 Å². The Morgan fingerprint density at radius 1 is 0.540 bits per heavy atom. The molecule has 4 amide bonds. The van der Waals surface area contributed by atoms with E-state index in [2.05, 4.69) is 134 Å². The van der Waals surface area contributed by atoms with Gasteiger partial charge in [-0.25, -0.2) is 0 Å². The lowest BCUT2D eigenvalue weighted by atomic mass is 9.88. The number of ether oxygens (including phenoxy) is 2. The molecule has 2 atom stereocenters. The summed E-state index contributed by atoms with van der Waals surface area (Å²) in [6, 6.07) is 19.8. The highest BCUT2D eigenvalue weighted by molar-refractivity contribution is 7.19. The average Bonchev–Trinajstić information content (AvgIpc) is 1.70. The Balaban J connectivity index is 0.000000145. The molecule has 8 saturated heterocycles. The van der Waals surface area contributed by atoms with Crippen molar-refractivity contribution in [1.82, 2.24) is 39.8 Å². The van der Waals surface area contributed by atoms with Gasteiger partial charge in [-0.05, 0) is 204 Å². The molecular weight excluding hydrogens is 1150 g/mol. The summed E-state index contributed by atoms with van der Waals surface area (Å²) in [7, 11) is 0. The van der Waals surface area contributed by atoms with Crippen LogP contribution in [0.4, 0.5) is 0 Å². The van der Waals surface area contributed by atoms with Crippen molar-refractivity contribution in [2.24, 2.45) is 11.8 Å².